The van der Waals surface area contributed by atoms with Gasteiger partial charge in [0.2, 0.25) is 24.1 Å². The Kier molecular flexibility index (Phi) is 15.8. The highest BCUT2D eigenvalue weighted by Gasteiger charge is 2.50. The number of esters is 1. The Morgan fingerprint density at radius 3 is 1.87 bits per heavy atom. The zero-order valence-corrected chi connectivity index (χ0v) is 37.1. The van der Waals surface area contributed by atoms with Gasteiger partial charge in [0, 0.05) is 30.3 Å². The molecule has 7 rings (SSSR count). The van der Waals surface area contributed by atoms with Crippen LogP contribution in [0.15, 0.2) is 59.0 Å². The average Bonchev–Trinajstić information content (AvgIpc) is 3.33. The maximum absolute atomic E-state index is 12.7. The van der Waals surface area contributed by atoms with Gasteiger partial charge < -0.3 is 109 Å². The Balaban J connectivity index is 1.13. The molecule has 0 amide bonds. The van der Waals surface area contributed by atoms with Crippen LogP contribution in [0.4, 0.5) is 0 Å². The van der Waals surface area contributed by atoms with Gasteiger partial charge >= 0.3 is 17.3 Å². The highest BCUT2D eigenvalue weighted by molar-refractivity contribution is 5.89. The second-order valence-electron chi connectivity index (χ2n) is 16.2. The number of ether oxygens (including phenoxy) is 10. The summed E-state index contributed by atoms with van der Waals surface area (Å²) in [6.45, 7) is -0.0151. The van der Waals surface area contributed by atoms with Crippen molar-refractivity contribution >= 4 is 23.0 Å². The third-order valence-electron chi connectivity index (χ3n) is 11.6. The van der Waals surface area contributed by atoms with Crippen molar-refractivity contribution in [3.8, 4) is 57.3 Å². The third kappa shape index (κ3) is 10.7. The number of benzene rings is 3. The van der Waals surface area contributed by atoms with Gasteiger partial charge in [0.15, 0.2) is 35.4 Å². The number of hydrogen-bond acceptors (Lipinski definition) is 23. The highest BCUT2D eigenvalue weighted by atomic mass is 16.7. The molecule has 0 bridgehead atoms. The predicted octanol–water partition coefficient (Wildman–Crippen LogP) is -1.00. The zero-order chi connectivity index (χ0) is 50.0. The lowest BCUT2D eigenvalue weighted by atomic mass is 9.98. The van der Waals surface area contributed by atoms with E-state index in [4.69, 9.17) is 51.8 Å². The number of aliphatic hydroxyl groups excluding tert-OH is 9. The maximum atomic E-state index is 12.7. The molecule has 3 aliphatic heterocycles. The number of phenols is 3. The topological polar surface area (TPSA) is 363 Å². The lowest BCUT2D eigenvalue weighted by Gasteiger charge is -2.42. The van der Waals surface area contributed by atoms with Crippen LogP contribution in [0.2, 0.25) is 0 Å². The number of carbonyl (C=O) groups excluding carboxylic acids is 1. The summed E-state index contributed by atoms with van der Waals surface area (Å²) < 4.78 is 62.3. The number of hydrogen-bond donors (Lipinski definition) is 12. The Morgan fingerprint density at radius 1 is 0.652 bits per heavy atom. The van der Waals surface area contributed by atoms with Gasteiger partial charge in [-0.3, -0.25) is 0 Å². The Hall–Kier alpha value is -5.84. The molecular formula is C45H53O24+. The number of rotatable bonds is 15. The first-order chi connectivity index (χ1) is 32.9. The standard InChI is InChI=1S/C45H52O24/c1-17-41(69-31(49)8-6-18-5-7-22(48)25(9-18)59-2)37(55)40(58)43(63-17)62-16-30-34(52)36(54)39(57)45(68-30)66-28-14-21-23(64-42(28)19-10-26(60-3)32(50)27(11-19)61-4)12-20(47)13-24(21)65-44-38(56)35(53)33(51)29(15-46)67-44/h5-14,17,29-30,33-41,43-46,51-58H,15-16H2,1-4H3,(H2-,47,48,49,50)/p+1/t17?,29?,30-,33-,34-,35+,36?,37?,38?,39?,40+,41+,43-,44-,45-/m1/s1. The van der Waals surface area contributed by atoms with Crippen LogP contribution in [0.5, 0.6) is 46.0 Å². The van der Waals surface area contributed by atoms with Gasteiger partial charge in [-0.1, -0.05) is 6.07 Å². The summed E-state index contributed by atoms with van der Waals surface area (Å²) in [5.74, 6) is -2.68. The average molecular weight is 978 g/mol. The van der Waals surface area contributed by atoms with Crippen LogP contribution in [0, 0.1) is 0 Å². The van der Waals surface area contributed by atoms with Crippen molar-refractivity contribution in [1.29, 1.82) is 0 Å². The number of carbonyl (C=O) groups is 1. The first-order valence-electron chi connectivity index (χ1n) is 21.2. The molecule has 0 radical (unpaired) electrons. The van der Waals surface area contributed by atoms with Crippen LogP contribution in [0.1, 0.15) is 12.5 Å². The summed E-state index contributed by atoms with van der Waals surface area (Å²) in [5, 5.41) is 128. The largest absolute Gasteiger partial charge is 0.507 e. The van der Waals surface area contributed by atoms with E-state index in [9.17, 15) is 66.1 Å². The van der Waals surface area contributed by atoms with Gasteiger partial charge in [0.25, 0.3) is 0 Å². The molecule has 24 nitrogen and oxygen atoms in total. The van der Waals surface area contributed by atoms with Crippen LogP contribution in [0.25, 0.3) is 28.4 Å². The Labute approximate surface area is 391 Å². The predicted molar refractivity (Wildman–Crippen MR) is 230 cm³/mol. The van der Waals surface area contributed by atoms with E-state index >= 15 is 0 Å². The minimum absolute atomic E-state index is 0.0267. The lowest BCUT2D eigenvalue weighted by Crippen LogP contribution is -2.62. The van der Waals surface area contributed by atoms with Crippen LogP contribution in [-0.4, -0.2) is 194 Å². The normalized spacial score (nSPS) is 31.6. The second-order valence-corrected chi connectivity index (χ2v) is 16.2. The van der Waals surface area contributed by atoms with Crippen molar-refractivity contribution < 1.29 is 118 Å². The van der Waals surface area contributed by atoms with Crippen molar-refractivity contribution in [3.63, 3.8) is 0 Å². The minimum Gasteiger partial charge on any atom is -0.507 e. The fraction of sp³-hybridized carbons (Fsp3) is 0.467. The molecule has 15 atom stereocenters. The number of aliphatic hydroxyl groups is 9. The maximum Gasteiger partial charge on any atom is 0.402 e. The van der Waals surface area contributed by atoms with Gasteiger partial charge in [-0.15, -0.1) is 0 Å². The summed E-state index contributed by atoms with van der Waals surface area (Å²) in [6.07, 6.45) is -23.0. The summed E-state index contributed by atoms with van der Waals surface area (Å²) in [5.41, 5.74) is 0.446. The first kappa shape index (κ1) is 51.0. The second kappa shape index (κ2) is 21.4. The van der Waals surface area contributed by atoms with Crippen molar-refractivity contribution in [2.24, 2.45) is 0 Å². The fourth-order valence-corrected chi connectivity index (χ4v) is 7.78. The number of phenolic OH excluding ortho intramolecular Hbond substituents is 3. The summed E-state index contributed by atoms with van der Waals surface area (Å²) in [4.78, 5) is 12.7. The highest BCUT2D eigenvalue weighted by Crippen LogP contribution is 2.46. The van der Waals surface area contributed by atoms with Crippen molar-refractivity contribution in [1.82, 2.24) is 0 Å². The quantitative estimate of drug-likeness (QED) is 0.0386. The van der Waals surface area contributed by atoms with Crippen LogP contribution < -0.4 is 23.7 Å². The molecule has 1 aromatic heterocycles. The molecule has 376 valence electrons. The molecule has 69 heavy (non-hydrogen) atoms. The summed E-state index contributed by atoms with van der Waals surface area (Å²) in [6, 6.07) is 10.5. The first-order valence-corrected chi connectivity index (χ1v) is 21.2. The molecule has 0 saturated carbocycles. The van der Waals surface area contributed by atoms with E-state index in [1.54, 1.807) is 0 Å². The molecule has 0 aliphatic carbocycles. The van der Waals surface area contributed by atoms with E-state index in [0.717, 1.165) is 18.2 Å². The Morgan fingerprint density at radius 2 is 1.25 bits per heavy atom. The van der Waals surface area contributed by atoms with Crippen molar-refractivity contribution in [2.45, 2.75) is 99.0 Å². The summed E-state index contributed by atoms with van der Waals surface area (Å²) >= 11 is 0. The molecular weight excluding hydrogens is 924 g/mol. The molecule has 24 heteroatoms. The van der Waals surface area contributed by atoms with Crippen LogP contribution in [0.3, 0.4) is 0 Å². The SMILES string of the molecule is COc1cc(/C=C/C(=O)O[C@H]2C(C)O[C@@H](OC[C@H]3O[C@@H](Oc4cc5c(O[C@@H]6OC(CO)[C@@H](O)[C@H](O)C6O)cc(O)cc5[o+]c4-c4cc(OC)c(O)c(OC)c4)C(O)C(O)[C@@H]3O)[C@@H](O)C2O)ccc1O. The van der Waals surface area contributed by atoms with Gasteiger partial charge in [0.05, 0.1) is 52.3 Å². The Bertz CT molecular complexity index is 2440. The van der Waals surface area contributed by atoms with Gasteiger partial charge in [-0.2, -0.15) is 0 Å². The molecule has 4 heterocycles. The van der Waals surface area contributed by atoms with Crippen LogP contribution >= 0.6 is 0 Å². The van der Waals surface area contributed by atoms with E-state index in [-0.39, 0.29) is 56.8 Å². The minimum atomic E-state index is -1.99. The molecule has 3 aromatic carbocycles. The van der Waals surface area contributed by atoms with E-state index in [0.29, 0.717) is 5.56 Å². The van der Waals surface area contributed by atoms with Crippen LogP contribution in [-0.2, 0) is 28.5 Å². The van der Waals surface area contributed by atoms with E-state index in [1.807, 2.05) is 0 Å². The fourth-order valence-electron chi connectivity index (χ4n) is 7.78. The van der Waals surface area contributed by atoms with Gasteiger partial charge in [-0.05, 0) is 30.7 Å². The molecule has 4 aromatic rings. The van der Waals surface area contributed by atoms with Crippen molar-refractivity contribution in [3.05, 3.63) is 60.2 Å². The van der Waals surface area contributed by atoms with E-state index in [2.05, 4.69) is 0 Å². The lowest BCUT2D eigenvalue weighted by molar-refractivity contribution is -0.319. The van der Waals surface area contributed by atoms with E-state index < -0.39 is 123 Å². The molecule has 3 fully saturated rings. The smallest absolute Gasteiger partial charge is 0.402 e. The molecule has 3 aliphatic rings. The molecule has 3 saturated heterocycles. The number of methoxy groups -OCH3 is 3. The number of fused-ring (bicyclic) bond motifs is 1. The van der Waals surface area contributed by atoms with Gasteiger partial charge in [0.1, 0.15) is 77.9 Å². The van der Waals surface area contributed by atoms with Crippen molar-refractivity contribution in [2.75, 3.05) is 34.5 Å². The molecule has 0 spiro atoms. The number of aromatic hydroxyl groups is 3. The molecule has 12 N–H and O–H groups in total. The third-order valence-corrected chi connectivity index (χ3v) is 11.6. The molecule has 6 unspecified atom stereocenters. The monoisotopic (exact) mass is 977 g/mol. The zero-order valence-electron chi connectivity index (χ0n) is 37.1. The summed E-state index contributed by atoms with van der Waals surface area (Å²) in [7, 11) is 3.88. The van der Waals surface area contributed by atoms with Gasteiger partial charge in [-0.25, -0.2) is 9.21 Å². The van der Waals surface area contributed by atoms with E-state index in [1.165, 1.54) is 70.7 Å².